The molecule has 1 aliphatic heterocycles. The predicted molar refractivity (Wildman–Crippen MR) is 190 cm³/mol. The average Bonchev–Trinajstić information content (AvgIpc) is 3.08. The summed E-state index contributed by atoms with van der Waals surface area (Å²) >= 11 is 0. The molecule has 47 heavy (non-hydrogen) atoms. The fourth-order valence-electron chi connectivity index (χ4n) is 9.20. The molecule has 0 bridgehead atoms. The van der Waals surface area contributed by atoms with E-state index in [1.165, 1.54) is 50.0 Å². The molecule has 5 aromatic rings. The Balaban J connectivity index is 1.43. The number of unbranched alkanes of at least 4 members (excludes halogenated alkanes) is 1. The molecule has 242 valence electrons. The van der Waals surface area contributed by atoms with Crippen molar-refractivity contribution < 1.29 is 18.3 Å². The van der Waals surface area contributed by atoms with Crippen molar-refractivity contribution in [3.63, 3.8) is 0 Å². The van der Waals surface area contributed by atoms with Gasteiger partial charge >= 0.3 is 0 Å². The molecule has 2 aliphatic rings. The second kappa shape index (κ2) is 11.9. The van der Waals surface area contributed by atoms with E-state index in [-0.39, 0.29) is 17.3 Å². The topological polar surface area (TPSA) is 17.0 Å². The van der Waals surface area contributed by atoms with Crippen LogP contribution >= 0.6 is 0 Å². The number of hydrogen-bond acceptors (Lipinski definition) is 1. The molecule has 0 fully saturated rings. The second-order valence-corrected chi connectivity index (χ2v) is 14.4. The third-order valence-electron chi connectivity index (χ3n) is 11.7. The molecule has 1 atom stereocenters. The van der Waals surface area contributed by atoms with Crippen LogP contribution < -0.4 is 13.9 Å². The molecule has 3 nitrogen and oxygen atoms in total. The molecule has 3 heterocycles. The summed E-state index contributed by atoms with van der Waals surface area (Å²) in [4.78, 5) is 0. The van der Waals surface area contributed by atoms with Crippen LogP contribution in [-0.2, 0) is 30.8 Å². The van der Waals surface area contributed by atoms with E-state index in [1.807, 2.05) is 0 Å². The number of hydrogen-bond donors (Lipinski definition) is 0. The van der Waals surface area contributed by atoms with E-state index in [1.54, 1.807) is 13.2 Å². The van der Waals surface area contributed by atoms with E-state index in [9.17, 15) is 0 Å². The zero-order valence-electron chi connectivity index (χ0n) is 29.2. The number of halogens is 1. The van der Waals surface area contributed by atoms with Crippen LogP contribution in [0.15, 0.2) is 79.1 Å². The Hall–Kier alpha value is -4.05. The van der Waals surface area contributed by atoms with Gasteiger partial charge in [0.2, 0.25) is 11.4 Å². The molecular formula is C43H49FN2O+2. The van der Waals surface area contributed by atoms with Gasteiger partial charge < -0.3 is 4.74 Å². The maximum Gasteiger partial charge on any atom is 0.221 e. The van der Waals surface area contributed by atoms with Gasteiger partial charge in [-0.3, -0.25) is 0 Å². The maximum absolute atomic E-state index is 16.3. The summed E-state index contributed by atoms with van der Waals surface area (Å²) in [6.07, 6.45) is 11.7. The lowest BCUT2D eigenvalue weighted by Gasteiger charge is -2.45. The summed E-state index contributed by atoms with van der Waals surface area (Å²) in [5.41, 5.74) is 10.3. The third kappa shape index (κ3) is 4.73. The van der Waals surface area contributed by atoms with Gasteiger partial charge in [0, 0.05) is 42.0 Å². The van der Waals surface area contributed by atoms with E-state index in [2.05, 4.69) is 124 Å². The van der Waals surface area contributed by atoms with E-state index in [0.717, 1.165) is 61.8 Å². The molecule has 2 aromatic heterocycles. The molecule has 7 rings (SSSR count). The van der Waals surface area contributed by atoms with E-state index in [0.29, 0.717) is 0 Å². The standard InChI is InChI=1S/C43H49FN2O/c1-8-11-14-28-25-30-22-24-46-41-38(30)35(26-28)42(4,5)40-36(44)21-19-32(39(40)41)34(43(46,9-2)10-3)20-17-29-16-18-31(47-7)27-33(29)37-15-12-13-23-45(37)6/h12-13,15-16,18-19,21-27,34H,8-11,14,17,20H2,1-7H3/q+2. The van der Waals surface area contributed by atoms with Crippen LogP contribution in [0.5, 0.6) is 5.75 Å². The smallest absolute Gasteiger partial charge is 0.221 e. The Labute approximate surface area is 280 Å². The zero-order chi connectivity index (χ0) is 33.1. The van der Waals surface area contributed by atoms with Crippen molar-refractivity contribution in [2.45, 2.75) is 96.4 Å². The van der Waals surface area contributed by atoms with Gasteiger partial charge in [0.1, 0.15) is 18.6 Å². The van der Waals surface area contributed by atoms with Crippen LogP contribution in [0, 0.1) is 5.82 Å². The number of aromatic nitrogens is 2. The highest BCUT2D eigenvalue weighted by molar-refractivity contribution is 6.01. The number of benzene rings is 3. The molecule has 0 amide bonds. The first-order chi connectivity index (χ1) is 22.7. The Bertz CT molecular complexity index is 2000. The lowest BCUT2D eigenvalue weighted by atomic mass is 9.61. The summed E-state index contributed by atoms with van der Waals surface area (Å²) in [6, 6.07) is 23.9. The van der Waals surface area contributed by atoms with E-state index in [4.69, 9.17) is 4.74 Å². The first kappa shape index (κ1) is 31.5. The number of methoxy groups -OCH3 is 1. The summed E-state index contributed by atoms with van der Waals surface area (Å²) < 4.78 is 26.8. The third-order valence-corrected chi connectivity index (χ3v) is 11.7. The van der Waals surface area contributed by atoms with Crippen molar-refractivity contribution in [3.8, 4) is 28.3 Å². The minimum atomic E-state index is -0.448. The summed E-state index contributed by atoms with van der Waals surface area (Å²) in [5.74, 6) is 0.999. The fourth-order valence-corrected chi connectivity index (χ4v) is 9.20. The highest BCUT2D eigenvalue weighted by Gasteiger charge is 2.55. The molecular weight excluding hydrogens is 579 g/mol. The number of nitrogens with zero attached hydrogens (tertiary/aromatic N) is 2. The van der Waals surface area contributed by atoms with Crippen LogP contribution in [0.1, 0.15) is 100 Å². The lowest BCUT2D eigenvalue weighted by Crippen LogP contribution is -2.63. The summed E-state index contributed by atoms with van der Waals surface area (Å²) in [6.45, 7) is 11.4. The highest BCUT2D eigenvalue weighted by Crippen LogP contribution is 2.56. The van der Waals surface area contributed by atoms with Crippen molar-refractivity contribution >= 4 is 10.8 Å². The molecule has 1 unspecified atom stereocenters. The van der Waals surface area contributed by atoms with Crippen molar-refractivity contribution in [1.29, 1.82) is 0 Å². The number of aryl methyl sites for hydroxylation is 3. The molecule has 0 spiro atoms. The Morgan fingerprint density at radius 2 is 1.70 bits per heavy atom. The number of ether oxygens (including phenoxy) is 1. The monoisotopic (exact) mass is 628 g/mol. The Morgan fingerprint density at radius 3 is 2.43 bits per heavy atom. The quantitative estimate of drug-likeness (QED) is 0.141. The normalized spacial score (nSPS) is 16.8. The van der Waals surface area contributed by atoms with Gasteiger partial charge in [-0.2, -0.15) is 4.57 Å². The van der Waals surface area contributed by atoms with Gasteiger partial charge in [-0.1, -0.05) is 65.3 Å². The van der Waals surface area contributed by atoms with Gasteiger partial charge in [-0.25, -0.2) is 8.96 Å². The van der Waals surface area contributed by atoms with Crippen LogP contribution in [-0.4, -0.2) is 7.11 Å². The Morgan fingerprint density at radius 1 is 0.894 bits per heavy atom. The second-order valence-electron chi connectivity index (χ2n) is 14.4. The molecule has 0 saturated heterocycles. The number of rotatable bonds is 10. The average molecular weight is 629 g/mol. The van der Waals surface area contributed by atoms with Gasteiger partial charge in [0.05, 0.1) is 29.5 Å². The molecule has 0 N–H and O–H groups in total. The maximum atomic E-state index is 16.3. The van der Waals surface area contributed by atoms with Gasteiger partial charge in [0.15, 0.2) is 17.9 Å². The van der Waals surface area contributed by atoms with Crippen molar-refractivity contribution in [2.24, 2.45) is 7.05 Å². The first-order valence-electron chi connectivity index (χ1n) is 17.7. The van der Waals surface area contributed by atoms with Crippen molar-refractivity contribution in [3.05, 3.63) is 113 Å². The van der Waals surface area contributed by atoms with Gasteiger partial charge in [-0.05, 0) is 77.6 Å². The van der Waals surface area contributed by atoms with Crippen LogP contribution in [0.2, 0.25) is 0 Å². The molecule has 0 radical (unpaired) electrons. The summed E-state index contributed by atoms with van der Waals surface area (Å²) in [5, 5.41) is 2.60. The first-order valence-corrected chi connectivity index (χ1v) is 17.7. The minimum Gasteiger partial charge on any atom is -0.497 e. The minimum absolute atomic E-state index is 0.0878. The van der Waals surface area contributed by atoms with Crippen LogP contribution in [0.3, 0.4) is 0 Å². The summed E-state index contributed by atoms with van der Waals surface area (Å²) in [7, 11) is 3.84. The largest absolute Gasteiger partial charge is 0.497 e. The molecule has 1 aliphatic carbocycles. The van der Waals surface area contributed by atoms with Gasteiger partial charge in [-0.15, -0.1) is 0 Å². The molecule has 4 heteroatoms. The fraction of sp³-hybridized carbons (Fsp3) is 0.395. The van der Waals surface area contributed by atoms with E-state index >= 15 is 4.39 Å². The van der Waals surface area contributed by atoms with Crippen LogP contribution in [0.25, 0.3) is 33.3 Å². The SMILES string of the molecule is CCCCc1cc2c3c4[n+](ccc3c1)C(CC)(CC)C(CCc1ccc(OC)cc1-c1cccc[n+]1C)c1ccc(F)c(c1-4)C2(C)C. The predicted octanol–water partition coefficient (Wildman–Crippen LogP) is 9.66. The zero-order valence-corrected chi connectivity index (χ0v) is 29.2. The van der Waals surface area contributed by atoms with Gasteiger partial charge in [0.25, 0.3) is 0 Å². The molecule has 0 saturated carbocycles. The molecule has 3 aromatic carbocycles. The van der Waals surface area contributed by atoms with E-state index < -0.39 is 5.41 Å². The highest BCUT2D eigenvalue weighted by atomic mass is 19.1. The lowest BCUT2D eigenvalue weighted by molar-refractivity contribution is -0.762. The van der Waals surface area contributed by atoms with Crippen molar-refractivity contribution in [1.82, 2.24) is 0 Å². The van der Waals surface area contributed by atoms with Crippen molar-refractivity contribution in [2.75, 3.05) is 7.11 Å². The number of pyridine rings is 2. The Kier molecular flexibility index (Phi) is 7.97. The van der Waals surface area contributed by atoms with Crippen LogP contribution in [0.4, 0.5) is 4.39 Å².